The monoisotopic (exact) mass is 322 g/mol. The van der Waals surface area contributed by atoms with E-state index < -0.39 is 0 Å². The smallest absolute Gasteiger partial charge is 0.224 e. The Balaban J connectivity index is 1.62. The van der Waals surface area contributed by atoms with Gasteiger partial charge >= 0.3 is 0 Å². The molecule has 2 aromatic rings. The number of aryl methyl sites for hydroxylation is 2. The molecule has 3 rings (SSSR count). The molecular formula is C20H22N2O2. The van der Waals surface area contributed by atoms with Gasteiger partial charge in [-0.3, -0.25) is 9.59 Å². The van der Waals surface area contributed by atoms with Gasteiger partial charge in [0.15, 0.2) is 0 Å². The van der Waals surface area contributed by atoms with Crippen molar-refractivity contribution in [1.29, 1.82) is 0 Å². The summed E-state index contributed by atoms with van der Waals surface area (Å²) in [5, 5.41) is 2.94. The van der Waals surface area contributed by atoms with Crippen LogP contribution in [0.15, 0.2) is 42.5 Å². The zero-order chi connectivity index (χ0) is 17.1. The lowest BCUT2D eigenvalue weighted by Crippen LogP contribution is -2.25. The number of nitrogens with one attached hydrogen (secondary N) is 1. The van der Waals surface area contributed by atoms with Gasteiger partial charge in [0.25, 0.3) is 0 Å². The fraction of sp³-hybridized carbons (Fsp3) is 0.300. The Hall–Kier alpha value is -2.62. The lowest BCUT2D eigenvalue weighted by Gasteiger charge is -2.16. The summed E-state index contributed by atoms with van der Waals surface area (Å²) in [6.07, 6.45) is 2.03. The fourth-order valence-electron chi connectivity index (χ4n) is 3.02. The number of nitrogens with zero attached hydrogens (tertiary/aromatic N) is 1. The third kappa shape index (κ3) is 3.65. The van der Waals surface area contributed by atoms with Crippen LogP contribution in [0.25, 0.3) is 0 Å². The molecule has 2 amide bonds. The van der Waals surface area contributed by atoms with Crippen LogP contribution in [-0.4, -0.2) is 18.4 Å². The first-order valence-electron chi connectivity index (χ1n) is 8.29. The zero-order valence-corrected chi connectivity index (χ0v) is 14.1. The number of amides is 2. The predicted octanol–water partition coefficient (Wildman–Crippen LogP) is 3.48. The first-order chi connectivity index (χ1) is 11.5. The largest absolute Gasteiger partial charge is 0.326 e. The van der Waals surface area contributed by atoms with Crippen molar-refractivity contribution in [2.75, 3.05) is 16.8 Å². The summed E-state index contributed by atoms with van der Waals surface area (Å²) in [5.41, 5.74) is 5.20. The first kappa shape index (κ1) is 16.2. The molecule has 1 N–H and O–H groups in total. The number of fused-ring (bicyclic) bond motifs is 1. The minimum Gasteiger partial charge on any atom is -0.326 e. The SMILES string of the molecule is CC(=O)N1CCc2ccc(NC(=O)CCc3ccc(C)cc3)cc21. The van der Waals surface area contributed by atoms with Crippen LogP contribution in [0, 0.1) is 6.92 Å². The quantitative estimate of drug-likeness (QED) is 0.937. The van der Waals surface area contributed by atoms with Gasteiger partial charge in [-0.15, -0.1) is 0 Å². The highest BCUT2D eigenvalue weighted by Crippen LogP contribution is 2.30. The van der Waals surface area contributed by atoms with E-state index in [-0.39, 0.29) is 11.8 Å². The second-order valence-electron chi connectivity index (χ2n) is 6.30. The molecule has 0 spiro atoms. The number of carbonyl (C=O) groups is 2. The third-order valence-corrected chi connectivity index (χ3v) is 4.41. The van der Waals surface area contributed by atoms with E-state index in [1.807, 2.05) is 18.2 Å². The van der Waals surface area contributed by atoms with Crippen molar-refractivity contribution < 1.29 is 9.59 Å². The predicted molar refractivity (Wildman–Crippen MR) is 96.3 cm³/mol. The maximum Gasteiger partial charge on any atom is 0.224 e. The number of rotatable bonds is 4. The fourth-order valence-corrected chi connectivity index (χ4v) is 3.02. The average Bonchev–Trinajstić information content (AvgIpc) is 2.98. The second kappa shape index (κ2) is 6.87. The number of anilines is 2. The molecule has 4 heteroatoms. The summed E-state index contributed by atoms with van der Waals surface area (Å²) in [6.45, 7) is 4.34. The van der Waals surface area contributed by atoms with Gasteiger partial charge in [0.1, 0.15) is 0 Å². The Labute approximate surface area is 142 Å². The van der Waals surface area contributed by atoms with Gasteiger partial charge in [-0.1, -0.05) is 35.9 Å². The summed E-state index contributed by atoms with van der Waals surface area (Å²) < 4.78 is 0. The summed E-state index contributed by atoms with van der Waals surface area (Å²) in [4.78, 5) is 25.6. The van der Waals surface area contributed by atoms with Crippen LogP contribution in [0.2, 0.25) is 0 Å². The van der Waals surface area contributed by atoms with E-state index in [0.29, 0.717) is 6.42 Å². The van der Waals surface area contributed by atoms with Gasteiger partial charge in [0.05, 0.1) is 0 Å². The molecule has 124 valence electrons. The summed E-state index contributed by atoms with van der Waals surface area (Å²) in [6, 6.07) is 14.0. The molecule has 1 aliphatic rings. The highest BCUT2D eigenvalue weighted by atomic mass is 16.2. The van der Waals surface area contributed by atoms with Crippen LogP contribution >= 0.6 is 0 Å². The minimum atomic E-state index is -0.0112. The van der Waals surface area contributed by atoms with Crippen molar-refractivity contribution in [3.63, 3.8) is 0 Å². The average molecular weight is 322 g/mol. The zero-order valence-electron chi connectivity index (χ0n) is 14.1. The number of benzene rings is 2. The molecule has 0 aromatic heterocycles. The normalized spacial score (nSPS) is 12.8. The number of carbonyl (C=O) groups excluding carboxylic acids is 2. The molecule has 24 heavy (non-hydrogen) atoms. The van der Waals surface area contributed by atoms with Crippen LogP contribution in [0.1, 0.15) is 30.0 Å². The lowest BCUT2D eigenvalue weighted by molar-refractivity contribution is -0.117. The Morgan fingerprint density at radius 3 is 2.58 bits per heavy atom. The molecule has 0 radical (unpaired) electrons. The van der Waals surface area contributed by atoms with E-state index in [0.717, 1.165) is 41.9 Å². The lowest BCUT2D eigenvalue weighted by atomic mass is 10.1. The molecule has 0 aliphatic carbocycles. The van der Waals surface area contributed by atoms with Gasteiger partial charge < -0.3 is 10.2 Å². The van der Waals surface area contributed by atoms with Gasteiger partial charge in [0, 0.05) is 31.3 Å². The van der Waals surface area contributed by atoms with E-state index in [1.54, 1.807) is 11.8 Å². The second-order valence-corrected chi connectivity index (χ2v) is 6.30. The molecular weight excluding hydrogens is 300 g/mol. The van der Waals surface area contributed by atoms with Crippen LogP contribution in [0.5, 0.6) is 0 Å². The first-order valence-corrected chi connectivity index (χ1v) is 8.29. The molecule has 0 fully saturated rings. The van der Waals surface area contributed by atoms with Crippen LogP contribution in [-0.2, 0) is 22.4 Å². The molecule has 4 nitrogen and oxygen atoms in total. The van der Waals surface area contributed by atoms with E-state index in [1.165, 1.54) is 5.56 Å². The maximum atomic E-state index is 12.2. The Morgan fingerprint density at radius 1 is 1.12 bits per heavy atom. The number of hydrogen-bond donors (Lipinski definition) is 1. The molecule has 2 aromatic carbocycles. The molecule has 1 aliphatic heterocycles. The molecule has 0 atom stereocenters. The van der Waals surface area contributed by atoms with Crippen LogP contribution in [0.3, 0.4) is 0 Å². The molecule has 0 bridgehead atoms. The molecule has 1 heterocycles. The number of hydrogen-bond acceptors (Lipinski definition) is 2. The highest BCUT2D eigenvalue weighted by Gasteiger charge is 2.22. The summed E-state index contributed by atoms with van der Waals surface area (Å²) in [7, 11) is 0. The standard InChI is InChI=1S/C20H22N2O2/c1-14-3-5-16(6-4-14)7-10-20(24)21-18-9-8-17-11-12-22(15(2)23)19(17)13-18/h3-6,8-9,13H,7,10-12H2,1-2H3,(H,21,24). The Bertz CT molecular complexity index is 766. The van der Waals surface area contributed by atoms with Gasteiger partial charge in [-0.05, 0) is 43.0 Å². The molecule has 0 unspecified atom stereocenters. The van der Waals surface area contributed by atoms with Gasteiger partial charge in [0.2, 0.25) is 11.8 Å². The molecule has 0 saturated carbocycles. The van der Waals surface area contributed by atoms with E-state index in [2.05, 4.69) is 36.5 Å². The highest BCUT2D eigenvalue weighted by molar-refractivity contribution is 5.96. The van der Waals surface area contributed by atoms with Crippen molar-refractivity contribution in [3.8, 4) is 0 Å². The van der Waals surface area contributed by atoms with Crippen LogP contribution in [0.4, 0.5) is 11.4 Å². The van der Waals surface area contributed by atoms with Crippen molar-refractivity contribution in [3.05, 3.63) is 59.2 Å². The van der Waals surface area contributed by atoms with Crippen molar-refractivity contribution in [2.24, 2.45) is 0 Å². The van der Waals surface area contributed by atoms with Crippen molar-refractivity contribution in [2.45, 2.75) is 33.1 Å². The Morgan fingerprint density at radius 2 is 1.88 bits per heavy atom. The van der Waals surface area contributed by atoms with E-state index in [4.69, 9.17) is 0 Å². The minimum absolute atomic E-state index is 0.0112. The van der Waals surface area contributed by atoms with Crippen LogP contribution < -0.4 is 10.2 Å². The third-order valence-electron chi connectivity index (χ3n) is 4.41. The van der Waals surface area contributed by atoms with E-state index in [9.17, 15) is 9.59 Å². The van der Waals surface area contributed by atoms with Crippen molar-refractivity contribution >= 4 is 23.2 Å². The van der Waals surface area contributed by atoms with Gasteiger partial charge in [-0.2, -0.15) is 0 Å². The summed E-state index contributed by atoms with van der Waals surface area (Å²) >= 11 is 0. The van der Waals surface area contributed by atoms with E-state index >= 15 is 0 Å². The molecule has 0 saturated heterocycles. The maximum absolute atomic E-state index is 12.2. The Kier molecular flexibility index (Phi) is 4.65. The topological polar surface area (TPSA) is 49.4 Å². The van der Waals surface area contributed by atoms with Gasteiger partial charge in [-0.25, -0.2) is 0 Å². The summed E-state index contributed by atoms with van der Waals surface area (Å²) in [5.74, 6) is 0.0273. The van der Waals surface area contributed by atoms with Crippen molar-refractivity contribution in [1.82, 2.24) is 0 Å².